The number of amides is 1. The fourth-order valence-corrected chi connectivity index (χ4v) is 3.57. The highest BCUT2D eigenvalue weighted by molar-refractivity contribution is 5.78. The molecule has 0 fully saturated rings. The summed E-state index contributed by atoms with van der Waals surface area (Å²) in [5.41, 5.74) is 2.04. The third-order valence-electron chi connectivity index (χ3n) is 4.79. The third-order valence-corrected chi connectivity index (χ3v) is 4.79. The summed E-state index contributed by atoms with van der Waals surface area (Å²) in [5.74, 6) is 1.83. The zero-order valence-electron chi connectivity index (χ0n) is 14.7. The topological polar surface area (TPSA) is 63.9 Å². The van der Waals surface area contributed by atoms with Gasteiger partial charge in [0.15, 0.2) is 5.82 Å². The molecule has 0 bridgehead atoms. The first kappa shape index (κ1) is 16.4. The van der Waals surface area contributed by atoms with E-state index in [0.717, 1.165) is 23.8 Å². The van der Waals surface area contributed by atoms with Crippen molar-refractivity contribution in [3.8, 4) is 0 Å². The van der Waals surface area contributed by atoms with Gasteiger partial charge in [0.2, 0.25) is 5.91 Å². The number of nitrogens with zero attached hydrogens (tertiary/aromatic N) is 5. The van der Waals surface area contributed by atoms with E-state index in [2.05, 4.69) is 31.9 Å². The van der Waals surface area contributed by atoms with E-state index < -0.39 is 0 Å². The lowest BCUT2D eigenvalue weighted by Gasteiger charge is -2.34. The molecule has 1 aliphatic heterocycles. The maximum Gasteiger partial charge on any atom is 0.229 e. The van der Waals surface area contributed by atoms with Crippen LogP contribution < -0.4 is 0 Å². The van der Waals surface area contributed by atoms with Gasteiger partial charge < -0.3 is 9.47 Å². The minimum atomic E-state index is 0.0775. The predicted octanol–water partition coefficient (Wildman–Crippen LogP) is 2.35. The Morgan fingerprint density at radius 1 is 1.12 bits per heavy atom. The summed E-state index contributed by atoms with van der Waals surface area (Å²) >= 11 is 0. The number of fused-ring (bicyclic) bond motifs is 1. The largest absolute Gasteiger partial charge is 0.333 e. The Kier molecular flexibility index (Phi) is 4.48. The highest BCUT2D eigenvalue weighted by Gasteiger charge is 2.30. The van der Waals surface area contributed by atoms with Crippen LogP contribution in [0.4, 0.5) is 0 Å². The number of hydrogen-bond acceptors (Lipinski definition) is 4. The molecule has 0 saturated heterocycles. The highest BCUT2D eigenvalue weighted by atomic mass is 16.2. The van der Waals surface area contributed by atoms with E-state index in [4.69, 9.17) is 0 Å². The first-order valence-electron chi connectivity index (χ1n) is 8.82. The molecule has 0 radical (unpaired) electrons. The zero-order chi connectivity index (χ0) is 17.9. The molecule has 3 heterocycles. The van der Waals surface area contributed by atoms with Crippen molar-refractivity contribution in [2.24, 2.45) is 0 Å². The number of benzene rings is 1. The Labute approximate surface area is 152 Å². The number of pyridine rings is 1. The van der Waals surface area contributed by atoms with Crippen molar-refractivity contribution in [1.29, 1.82) is 0 Å². The van der Waals surface area contributed by atoms with Crippen molar-refractivity contribution in [3.63, 3.8) is 0 Å². The zero-order valence-corrected chi connectivity index (χ0v) is 14.7. The summed E-state index contributed by atoms with van der Waals surface area (Å²) in [7, 11) is 0. The maximum absolute atomic E-state index is 12.8. The molecular weight excluding hydrogens is 326 g/mol. The van der Waals surface area contributed by atoms with Gasteiger partial charge >= 0.3 is 0 Å². The van der Waals surface area contributed by atoms with Crippen LogP contribution in [0, 0.1) is 6.92 Å². The Balaban J connectivity index is 1.56. The smallest absolute Gasteiger partial charge is 0.229 e. The monoisotopic (exact) mass is 347 g/mol. The number of carbonyl (C=O) groups excluding carboxylic acids is 1. The van der Waals surface area contributed by atoms with Crippen LogP contribution in [0.25, 0.3) is 0 Å². The van der Waals surface area contributed by atoms with Crippen LogP contribution in [0.15, 0.2) is 54.7 Å². The van der Waals surface area contributed by atoms with Crippen LogP contribution in [-0.4, -0.2) is 37.1 Å². The summed E-state index contributed by atoms with van der Waals surface area (Å²) in [5, 5.41) is 8.52. The molecule has 6 nitrogen and oxygen atoms in total. The normalized spacial score (nSPS) is 16.3. The molecule has 4 rings (SSSR count). The quantitative estimate of drug-likeness (QED) is 0.727. The second-order valence-electron chi connectivity index (χ2n) is 6.65. The van der Waals surface area contributed by atoms with Crippen molar-refractivity contribution >= 4 is 5.91 Å². The molecule has 1 amide bonds. The van der Waals surface area contributed by atoms with Gasteiger partial charge in [-0.25, -0.2) is 0 Å². The minimum absolute atomic E-state index is 0.0775. The molecule has 2 aromatic heterocycles. The fourth-order valence-electron chi connectivity index (χ4n) is 3.57. The molecule has 6 heteroatoms. The average molecular weight is 347 g/mol. The number of aryl methyl sites for hydroxylation is 1. The summed E-state index contributed by atoms with van der Waals surface area (Å²) in [6.07, 6.45) is 2.88. The first-order chi connectivity index (χ1) is 12.7. The van der Waals surface area contributed by atoms with Gasteiger partial charge in [-0.1, -0.05) is 36.4 Å². The van der Waals surface area contributed by atoms with E-state index in [1.807, 2.05) is 48.2 Å². The van der Waals surface area contributed by atoms with Crippen molar-refractivity contribution < 1.29 is 4.79 Å². The van der Waals surface area contributed by atoms with Crippen LogP contribution in [0.5, 0.6) is 0 Å². The fraction of sp³-hybridized carbons (Fsp3) is 0.300. The first-order valence-corrected chi connectivity index (χ1v) is 8.82. The van der Waals surface area contributed by atoms with Gasteiger partial charge in [-0.05, 0) is 31.0 Å². The van der Waals surface area contributed by atoms with Gasteiger partial charge in [0.1, 0.15) is 5.82 Å². The van der Waals surface area contributed by atoms with E-state index in [9.17, 15) is 4.79 Å². The van der Waals surface area contributed by atoms with Gasteiger partial charge in [0.05, 0.1) is 19.0 Å². The molecule has 0 spiro atoms. The minimum Gasteiger partial charge on any atom is -0.333 e. The molecule has 26 heavy (non-hydrogen) atoms. The SMILES string of the molecule is Cc1nnc2n1[C@H](Cc1ccccc1)CN(C(=O)Cc1ccccn1)C2. The Hall–Kier alpha value is -3.02. The second kappa shape index (κ2) is 7.07. The third kappa shape index (κ3) is 3.35. The number of rotatable bonds is 4. The molecule has 0 saturated carbocycles. The van der Waals surface area contributed by atoms with E-state index in [-0.39, 0.29) is 11.9 Å². The Morgan fingerprint density at radius 2 is 1.92 bits per heavy atom. The van der Waals surface area contributed by atoms with E-state index in [1.54, 1.807) is 6.20 Å². The summed E-state index contributed by atoms with van der Waals surface area (Å²) in [6, 6.07) is 16.1. The standard InChI is InChI=1S/C20H21N5O/c1-15-22-23-19-14-24(20(26)12-17-9-5-6-10-21-17)13-18(25(15)19)11-16-7-3-2-4-8-16/h2-10,18H,11-14H2,1H3/t18-/m1/s1. The van der Waals surface area contributed by atoms with Gasteiger partial charge in [0.25, 0.3) is 0 Å². The van der Waals surface area contributed by atoms with Gasteiger partial charge in [-0.15, -0.1) is 10.2 Å². The Morgan fingerprint density at radius 3 is 2.69 bits per heavy atom. The van der Waals surface area contributed by atoms with Crippen molar-refractivity contribution in [3.05, 3.63) is 77.6 Å². The number of carbonyl (C=O) groups is 1. The van der Waals surface area contributed by atoms with Crippen LogP contribution in [0.1, 0.15) is 28.9 Å². The lowest BCUT2D eigenvalue weighted by Crippen LogP contribution is -2.43. The van der Waals surface area contributed by atoms with Crippen LogP contribution in [0.2, 0.25) is 0 Å². The summed E-state index contributed by atoms with van der Waals surface area (Å²) < 4.78 is 2.18. The summed E-state index contributed by atoms with van der Waals surface area (Å²) in [6.45, 7) is 3.13. The van der Waals surface area contributed by atoms with Crippen LogP contribution >= 0.6 is 0 Å². The van der Waals surface area contributed by atoms with Gasteiger partial charge in [-0.3, -0.25) is 9.78 Å². The van der Waals surface area contributed by atoms with Crippen molar-refractivity contribution in [1.82, 2.24) is 24.6 Å². The molecule has 1 atom stereocenters. The highest BCUT2D eigenvalue weighted by Crippen LogP contribution is 2.25. The number of hydrogen-bond donors (Lipinski definition) is 0. The van der Waals surface area contributed by atoms with Crippen LogP contribution in [-0.2, 0) is 24.2 Å². The molecule has 0 unspecified atom stereocenters. The van der Waals surface area contributed by atoms with Gasteiger partial charge in [0, 0.05) is 18.4 Å². The van der Waals surface area contributed by atoms with Gasteiger partial charge in [-0.2, -0.15) is 0 Å². The predicted molar refractivity (Wildman–Crippen MR) is 97.3 cm³/mol. The molecule has 0 aliphatic carbocycles. The van der Waals surface area contributed by atoms with E-state index in [0.29, 0.717) is 19.5 Å². The molecule has 3 aromatic rings. The lowest BCUT2D eigenvalue weighted by atomic mass is 10.0. The maximum atomic E-state index is 12.8. The molecule has 0 N–H and O–H groups in total. The molecule has 1 aromatic carbocycles. The van der Waals surface area contributed by atoms with Crippen molar-refractivity contribution in [2.45, 2.75) is 32.4 Å². The van der Waals surface area contributed by atoms with E-state index >= 15 is 0 Å². The molecule has 1 aliphatic rings. The average Bonchev–Trinajstić information content (AvgIpc) is 3.04. The van der Waals surface area contributed by atoms with Crippen molar-refractivity contribution in [2.75, 3.05) is 6.54 Å². The molecular formula is C20H21N5O. The second-order valence-corrected chi connectivity index (χ2v) is 6.65. The summed E-state index contributed by atoms with van der Waals surface area (Å²) in [4.78, 5) is 19.0. The van der Waals surface area contributed by atoms with Crippen LogP contribution in [0.3, 0.4) is 0 Å². The molecule has 132 valence electrons. The number of aromatic nitrogens is 4. The van der Waals surface area contributed by atoms with E-state index in [1.165, 1.54) is 5.56 Å². The Bertz CT molecular complexity index is 891. The lowest BCUT2D eigenvalue weighted by molar-refractivity contribution is -0.132.